The first kappa shape index (κ1) is 26.2. The lowest BCUT2D eigenvalue weighted by molar-refractivity contribution is 0.102. The van der Waals surface area contributed by atoms with Gasteiger partial charge in [0.25, 0.3) is 5.91 Å². The maximum absolute atomic E-state index is 13.4. The van der Waals surface area contributed by atoms with Crippen LogP contribution in [0.15, 0.2) is 80.7 Å². The van der Waals surface area contributed by atoms with E-state index in [1.54, 1.807) is 17.6 Å². The highest BCUT2D eigenvalue weighted by Gasteiger charge is 2.25. The van der Waals surface area contributed by atoms with E-state index in [1.807, 2.05) is 66.7 Å². The van der Waals surface area contributed by atoms with E-state index in [1.165, 1.54) is 4.88 Å². The van der Waals surface area contributed by atoms with Gasteiger partial charge in [-0.2, -0.15) is 0 Å². The van der Waals surface area contributed by atoms with Crippen LogP contribution in [0.4, 0.5) is 10.7 Å². The second kappa shape index (κ2) is 11.9. The minimum absolute atomic E-state index is 0.118. The first-order chi connectivity index (χ1) is 18.0. The number of benzene rings is 3. The molecule has 4 nitrogen and oxygen atoms in total. The van der Waals surface area contributed by atoms with E-state index < -0.39 is 0 Å². The summed E-state index contributed by atoms with van der Waals surface area (Å²) in [4.78, 5) is 19.5. The number of aryl methyl sites for hydroxylation is 1. The summed E-state index contributed by atoms with van der Waals surface area (Å²) in [7, 11) is 0. The fourth-order valence-corrected chi connectivity index (χ4v) is 7.01. The number of carbonyl (C=O) groups is 1. The largest absolute Gasteiger partial charge is 0.487 e. The summed E-state index contributed by atoms with van der Waals surface area (Å²) >= 11 is 14.8. The minimum Gasteiger partial charge on any atom is -0.487 e. The number of rotatable bonds is 7. The quantitative estimate of drug-likeness (QED) is 0.201. The summed E-state index contributed by atoms with van der Waals surface area (Å²) in [5.41, 5.74) is 4.39. The van der Waals surface area contributed by atoms with E-state index >= 15 is 0 Å². The number of aliphatic imine (C=N–C) groups is 1. The molecular formula is C29H23Br2ClN2O2S. The third kappa shape index (κ3) is 6.34. The Bertz CT molecular complexity index is 1450. The summed E-state index contributed by atoms with van der Waals surface area (Å²) in [5, 5.41) is 4.46. The lowest BCUT2D eigenvalue weighted by Gasteiger charge is -2.13. The number of fused-ring (bicyclic) bond motifs is 1. The molecule has 8 heteroatoms. The first-order valence-electron chi connectivity index (χ1n) is 11.9. The lowest BCUT2D eigenvalue weighted by Crippen LogP contribution is -2.14. The van der Waals surface area contributed by atoms with Crippen molar-refractivity contribution in [1.82, 2.24) is 0 Å². The second-order valence-electron chi connectivity index (χ2n) is 8.69. The van der Waals surface area contributed by atoms with Crippen molar-refractivity contribution in [2.75, 3.05) is 5.32 Å². The van der Waals surface area contributed by atoms with Crippen molar-refractivity contribution in [2.24, 2.45) is 4.99 Å². The van der Waals surface area contributed by atoms with Crippen LogP contribution in [0.5, 0.6) is 5.75 Å². The molecule has 0 aliphatic heterocycles. The number of ether oxygens (including phenoxy) is 1. The molecule has 0 saturated carbocycles. The molecule has 37 heavy (non-hydrogen) atoms. The molecule has 0 fully saturated rings. The lowest BCUT2D eigenvalue weighted by atomic mass is 9.95. The van der Waals surface area contributed by atoms with Crippen LogP contribution in [0.1, 0.15) is 44.8 Å². The van der Waals surface area contributed by atoms with Gasteiger partial charge in [-0.05, 0) is 89.1 Å². The molecule has 0 unspecified atom stereocenters. The predicted molar refractivity (Wildman–Crippen MR) is 160 cm³/mol. The van der Waals surface area contributed by atoms with Crippen LogP contribution in [-0.2, 0) is 19.4 Å². The molecule has 3 aromatic carbocycles. The normalized spacial score (nSPS) is 12.9. The molecule has 1 aliphatic rings. The topological polar surface area (TPSA) is 50.7 Å². The molecule has 1 aromatic heterocycles. The Hall–Kier alpha value is -2.45. The summed E-state index contributed by atoms with van der Waals surface area (Å²) in [6, 6.07) is 21.0. The van der Waals surface area contributed by atoms with Crippen LogP contribution in [0.2, 0.25) is 5.02 Å². The molecule has 1 N–H and O–H groups in total. The molecular weight excluding hydrogens is 636 g/mol. The van der Waals surface area contributed by atoms with Crippen LogP contribution in [0.3, 0.4) is 0 Å². The van der Waals surface area contributed by atoms with E-state index in [2.05, 4.69) is 37.2 Å². The van der Waals surface area contributed by atoms with Crippen molar-refractivity contribution < 1.29 is 9.53 Å². The summed E-state index contributed by atoms with van der Waals surface area (Å²) < 4.78 is 7.90. The number of nitrogens with zero attached hydrogens (tertiary/aromatic N) is 1. The average Bonchev–Trinajstić information content (AvgIpc) is 3.27. The van der Waals surface area contributed by atoms with E-state index in [0.29, 0.717) is 22.9 Å². The molecule has 1 amide bonds. The summed E-state index contributed by atoms with van der Waals surface area (Å²) in [6.07, 6.45) is 5.89. The van der Waals surface area contributed by atoms with Crippen molar-refractivity contribution in [2.45, 2.75) is 32.3 Å². The van der Waals surface area contributed by atoms with Gasteiger partial charge in [-0.3, -0.25) is 4.79 Å². The van der Waals surface area contributed by atoms with Gasteiger partial charge in [-0.25, -0.2) is 4.99 Å². The Morgan fingerprint density at radius 1 is 1.05 bits per heavy atom. The summed E-state index contributed by atoms with van der Waals surface area (Å²) in [5.74, 6) is 0.561. The Morgan fingerprint density at radius 3 is 2.59 bits per heavy atom. The number of carbonyl (C=O) groups excluding carboxylic acids is 1. The first-order valence-corrected chi connectivity index (χ1v) is 14.7. The van der Waals surface area contributed by atoms with Crippen LogP contribution in [-0.4, -0.2) is 12.1 Å². The molecule has 1 heterocycles. The highest BCUT2D eigenvalue weighted by atomic mass is 79.9. The molecule has 0 spiro atoms. The van der Waals surface area contributed by atoms with Crippen LogP contribution < -0.4 is 10.1 Å². The third-order valence-corrected chi connectivity index (χ3v) is 8.56. The Labute approximate surface area is 242 Å². The van der Waals surface area contributed by atoms with Gasteiger partial charge in [-0.15, -0.1) is 11.3 Å². The van der Waals surface area contributed by atoms with Crippen molar-refractivity contribution in [3.63, 3.8) is 0 Å². The van der Waals surface area contributed by atoms with Gasteiger partial charge in [-0.1, -0.05) is 57.9 Å². The number of hydrogen-bond donors (Lipinski definition) is 1. The van der Waals surface area contributed by atoms with Gasteiger partial charge in [0.1, 0.15) is 17.4 Å². The third-order valence-electron chi connectivity index (χ3n) is 6.07. The average molecular weight is 659 g/mol. The zero-order valence-corrected chi connectivity index (χ0v) is 24.5. The minimum atomic E-state index is -0.118. The standard InChI is InChI=1S/C29H23Br2ClN2O2S/c30-20-14-19(27(24(31)15-20)36-17-18-10-12-21(32)13-11-18)16-33-29-26(23-8-4-5-9-25(23)37-29)28(35)34-22-6-2-1-3-7-22/h1-3,6-7,10-16H,4-5,8-9,17H2,(H,34,35). The SMILES string of the molecule is O=C(Nc1ccccc1)c1c(N=Cc2cc(Br)cc(Br)c2OCc2ccc(Cl)cc2)sc2c1CCCC2. The Kier molecular flexibility index (Phi) is 8.45. The maximum atomic E-state index is 13.4. The van der Waals surface area contributed by atoms with Gasteiger partial charge in [0.2, 0.25) is 0 Å². The number of para-hydroxylation sites is 1. The molecule has 0 atom stereocenters. The molecule has 1 aliphatic carbocycles. The maximum Gasteiger partial charge on any atom is 0.259 e. The summed E-state index contributed by atoms with van der Waals surface area (Å²) in [6.45, 7) is 0.385. The van der Waals surface area contributed by atoms with Gasteiger partial charge >= 0.3 is 0 Å². The highest BCUT2D eigenvalue weighted by molar-refractivity contribution is 9.11. The smallest absolute Gasteiger partial charge is 0.259 e. The highest BCUT2D eigenvalue weighted by Crippen LogP contribution is 2.41. The fourth-order valence-electron chi connectivity index (χ4n) is 4.28. The van der Waals surface area contributed by atoms with Crippen LogP contribution in [0.25, 0.3) is 0 Å². The van der Waals surface area contributed by atoms with Crippen molar-refractivity contribution >= 4 is 77.6 Å². The van der Waals surface area contributed by atoms with Crippen molar-refractivity contribution in [3.05, 3.63) is 108 Å². The molecule has 0 radical (unpaired) electrons. The van der Waals surface area contributed by atoms with Gasteiger partial charge in [0.15, 0.2) is 0 Å². The Balaban J connectivity index is 1.46. The molecule has 5 rings (SSSR count). The van der Waals surface area contributed by atoms with E-state index in [4.69, 9.17) is 21.3 Å². The van der Waals surface area contributed by atoms with E-state index in [0.717, 1.165) is 62.0 Å². The van der Waals surface area contributed by atoms with Gasteiger partial charge < -0.3 is 10.1 Å². The van der Waals surface area contributed by atoms with Gasteiger partial charge in [0.05, 0.1) is 10.0 Å². The number of nitrogens with one attached hydrogen (secondary N) is 1. The van der Waals surface area contributed by atoms with Gasteiger partial charge in [0, 0.05) is 31.8 Å². The zero-order valence-electron chi connectivity index (χ0n) is 19.8. The zero-order chi connectivity index (χ0) is 25.8. The van der Waals surface area contributed by atoms with Crippen LogP contribution >= 0.6 is 54.8 Å². The number of hydrogen-bond acceptors (Lipinski definition) is 4. The van der Waals surface area contributed by atoms with Crippen molar-refractivity contribution in [3.8, 4) is 5.75 Å². The number of amides is 1. The molecule has 188 valence electrons. The molecule has 0 saturated heterocycles. The monoisotopic (exact) mass is 656 g/mol. The second-order valence-corrected chi connectivity index (χ2v) is 12.0. The van der Waals surface area contributed by atoms with Crippen molar-refractivity contribution in [1.29, 1.82) is 0 Å². The number of halogens is 3. The predicted octanol–water partition coefficient (Wildman–Crippen LogP) is 9.39. The Morgan fingerprint density at radius 2 is 1.81 bits per heavy atom. The molecule has 0 bridgehead atoms. The van der Waals surface area contributed by atoms with E-state index in [-0.39, 0.29) is 5.91 Å². The fraction of sp³-hybridized carbons (Fsp3) is 0.172. The van der Waals surface area contributed by atoms with Crippen LogP contribution in [0, 0.1) is 0 Å². The number of thiophene rings is 1. The number of anilines is 1. The van der Waals surface area contributed by atoms with E-state index in [9.17, 15) is 4.79 Å². The molecule has 4 aromatic rings.